The third-order valence-corrected chi connectivity index (χ3v) is 4.24. The predicted molar refractivity (Wildman–Crippen MR) is 71.3 cm³/mol. The Labute approximate surface area is 110 Å². The van der Waals surface area contributed by atoms with Gasteiger partial charge in [-0.05, 0) is 58.2 Å². The fourth-order valence-electron chi connectivity index (χ4n) is 3.05. The molecule has 0 aromatic rings. The lowest BCUT2D eigenvalue weighted by atomic mass is 9.95. The maximum atomic E-state index is 12.2. The molecule has 0 aromatic carbocycles. The Balaban J connectivity index is 1.67. The third kappa shape index (κ3) is 3.69. The summed E-state index contributed by atoms with van der Waals surface area (Å²) in [6.07, 6.45) is 6.38. The van der Waals surface area contributed by atoms with Crippen LogP contribution < -0.4 is 0 Å². The smallest absolute Gasteiger partial charge is 0.225 e. The van der Waals surface area contributed by atoms with Crippen LogP contribution in [0, 0.1) is 5.92 Å². The van der Waals surface area contributed by atoms with Gasteiger partial charge in [-0.3, -0.25) is 4.79 Å². The van der Waals surface area contributed by atoms with E-state index in [1.807, 2.05) is 0 Å². The van der Waals surface area contributed by atoms with Crippen molar-refractivity contribution >= 4 is 5.91 Å². The number of likely N-dealkylation sites (tertiary alicyclic amines) is 2. The zero-order valence-corrected chi connectivity index (χ0v) is 11.3. The van der Waals surface area contributed by atoms with Crippen molar-refractivity contribution in [2.24, 2.45) is 5.92 Å². The second kappa shape index (κ2) is 7.10. The van der Waals surface area contributed by atoms with Crippen LogP contribution in [0.5, 0.6) is 0 Å². The molecular formula is C14H26N2O2. The topological polar surface area (TPSA) is 43.8 Å². The van der Waals surface area contributed by atoms with E-state index in [0.717, 1.165) is 58.4 Å². The number of hydrogen-bond acceptors (Lipinski definition) is 3. The Morgan fingerprint density at radius 3 is 2.33 bits per heavy atom. The monoisotopic (exact) mass is 254 g/mol. The van der Waals surface area contributed by atoms with E-state index in [9.17, 15) is 4.79 Å². The van der Waals surface area contributed by atoms with Crippen molar-refractivity contribution in [3.05, 3.63) is 0 Å². The molecule has 4 nitrogen and oxygen atoms in total. The molecule has 2 saturated heterocycles. The summed E-state index contributed by atoms with van der Waals surface area (Å²) in [5.74, 6) is 0.680. The van der Waals surface area contributed by atoms with Crippen LogP contribution in [0.1, 0.15) is 38.5 Å². The van der Waals surface area contributed by atoms with Gasteiger partial charge in [-0.2, -0.15) is 0 Å². The second-order valence-corrected chi connectivity index (χ2v) is 5.58. The van der Waals surface area contributed by atoms with Crippen molar-refractivity contribution in [3.8, 4) is 0 Å². The largest absolute Gasteiger partial charge is 0.396 e. The first-order chi connectivity index (χ1) is 8.81. The lowest BCUT2D eigenvalue weighted by Crippen LogP contribution is -2.41. The van der Waals surface area contributed by atoms with Gasteiger partial charge in [0.25, 0.3) is 0 Å². The molecule has 18 heavy (non-hydrogen) atoms. The van der Waals surface area contributed by atoms with Gasteiger partial charge in [-0.1, -0.05) is 0 Å². The molecule has 2 fully saturated rings. The standard InChI is InChI=1S/C14H26N2O2/c17-12-4-3-7-15-10-5-13(6-11-15)14(18)16-8-1-2-9-16/h13,17H,1-12H2. The van der Waals surface area contributed by atoms with Crippen LogP contribution in [-0.2, 0) is 4.79 Å². The fraction of sp³-hybridized carbons (Fsp3) is 0.929. The Bertz CT molecular complexity index is 257. The average Bonchev–Trinajstić information content (AvgIpc) is 2.93. The molecule has 2 rings (SSSR count). The van der Waals surface area contributed by atoms with Crippen molar-refractivity contribution in [1.82, 2.24) is 9.80 Å². The highest BCUT2D eigenvalue weighted by Gasteiger charge is 2.29. The second-order valence-electron chi connectivity index (χ2n) is 5.58. The number of carbonyl (C=O) groups excluding carboxylic acids is 1. The molecule has 1 N–H and O–H groups in total. The number of aliphatic hydroxyl groups is 1. The van der Waals surface area contributed by atoms with Crippen molar-refractivity contribution < 1.29 is 9.90 Å². The van der Waals surface area contributed by atoms with Gasteiger partial charge in [0, 0.05) is 25.6 Å². The maximum Gasteiger partial charge on any atom is 0.225 e. The first-order valence-electron chi connectivity index (χ1n) is 7.43. The minimum atomic E-state index is 0.275. The van der Waals surface area contributed by atoms with Gasteiger partial charge in [-0.25, -0.2) is 0 Å². The van der Waals surface area contributed by atoms with E-state index in [4.69, 9.17) is 5.11 Å². The summed E-state index contributed by atoms with van der Waals surface area (Å²) in [6, 6.07) is 0. The quantitative estimate of drug-likeness (QED) is 0.747. The summed E-state index contributed by atoms with van der Waals surface area (Å²) in [4.78, 5) is 16.7. The van der Waals surface area contributed by atoms with Crippen molar-refractivity contribution in [2.75, 3.05) is 39.3 Å². The molecule has 2 heterocycles. The number of rotatable bonds is 5. The molecule has 2 aliphatic heterocycles. The SMILES string of the molecule is O=C(C1CCN(CCCCO)CC1)N1CCCC1. The summed E-state index contributed by atoms with van der Waals surface area (Å²) < 4.78 is 0. The Morgan fingerprint density at radius 1 is 1.06 bits per heavy atom. The molecular weight excluding hydrogens is 228 g/mol. The number of aliphatic hydroxyl groups excluding tert-OH is 1. The van der Waals surface area contributed by atoms with Gasteiger partial charge >= 0.3 is 0 Å². The molecule has 0 aliphatic carbocycles. The number of hydrogen-bond donors (Lipinski definition) is 1. The van der Waals surface area contributed by atoms with Crippen LogP contribution in [0.4, 0.5) is 0 Å². The molecule has 0 atom stereocenters. The molecule has 2 aliphatic rings. The lowest BCUT2D eigenvalue weighted by molar-refractivity contribution is -0.135. The number of carbonyl (C=O) groups is 1. The Kier molecular flexibility index (Phi) is 5.45. The summed E-state index contributed by atoms with van der Waals surface area (Å²) in [5.41, 5.74) is 0. The van der Waals surface area contributed by atoms with Crippen LogP contribution in [0.25, 0.3) is 0 Å². The van der Waals surface area contributed by atoms with Gasteiger partial charge in [0.1, 0.15) is 0 Å². The minimum Gasteiger partial charge on any atom is -0.396 e. The first-order valence-corrected chi connectivity index (χ1v) is 7.43. The van der Waals surface area contributed by atoms with E-state index < -0.39 is 0 Å². The zero-order valence-electron chi connectivity index (χ0n) is 11.3. The van der Waals surface area contributed by atoms with Gasteiger partial charge in [-0.15, -0.1) is 0 Å². The molecule has 0 aromatic heterocycles. The van der Waals surface area contributed by atoms with E-state index in [1.54, 1.807) is 0 Å². The average molecular weight is 254 g/mol. The summed E-state index contributed by atoms with van der Waals surface area (Å²) in [6.45, 7) is 5.44. The summed E-state index contributed by atoms with van der Waals surface area (Å²) in [5, 5.41) is 8.76. The first kappa shape index (κ1) is 13.8. The Morgan fingerprint density at radius 2 is 1.72 bits per heavy atom. The van der Waals surface area contributed by atoms with Crippen LogP contribution in [-0.4, -0.2) is 60.1 Å². The van der Waals surface area contributed by atoms with E-state index >= 15 is 0 Å². The van der Waals surface area contributed by atoms with Crippen molar-refractivity contribution in [2.45, 2.75) is 38.5 Å². The minimum absolute atomic E-state index is 0.275. The fourth-order valence-corrected chi connectivity index (χ4v) is 3.05. The van der Waals surface area contributed by atoms with Gasteiger partial charge < -0.3 is 14.9 Å². The molecule has 0 saturated carbocycles. The highest BCUT2D eigenvalue weighted by molar-refractivity contribution is 5.79. The normalized spacial score (nSPS) is 22.6. The zero-order chi connectivity index (χ0) is 12.8. The van der Waals surface area contributed by atoms with Crippen LogP contribution in [0.3, 0.4) is 0 Å². The van der Waals surface area contributed by atoms with Gasteiger partial charge in [0.2, 0.25) is 5.91 Å². The highest BCUT2D eigenvalue weighted by Crippen LogP contribution is 2.22. The Hall–Kier alpha value is -0.610. The van der Waals surface area contributed by atoms with Crippen molar-refractivity contribution in [1.29, 1.82) is 0 Å². The number of piperidine rings is 1. The van der Waals surface area contributed by atoms with Gasteiger partial charge in [0.15, 0.2) is 0 Å². The summed E-state index contributed by atoms with van der Waals surface area (Å²) >= 11 is 0. The molecule has 4 heteroatoms. The molecule has 104 valence electrons. The predicted octanol–water partition coefficient (Wildman–Crippen LogP) is 1.09. The number of amides is 1. The molecule has 0 spiro atoms. The van der Waals surface area contributed by atoms with E-state index in [1.165, 1.54) is 12.8 Å². The number of nitrogens with zero attached hydrogens (tertiary/aromatic N) is 2. The lowest BCUT2D eigenvalue weighted by Gasteiger charge is -2.33. The van der Waals surface area contributed by atoms with E-state index in [2.05, 4.69) is 9.80 Å². The maximum absolute atomic E-state index is 12.2. The number of unbranched alkanes of at least 4 members (excludes halogenated alkanes) is 1. The highest BCUT2D eigenvalue weighted by atomic mass is 16.2. The summed E-state index contributed by atoms with van der Waals surface area (Å²) in [7, 11) is 0. The third-order valence-electron chi connectivity index (χ3n) is 4.24. The van der Waals surface area contributed by atoms with E-state index in [-0.39, 0.29) is 5.92 Å². The van der Waals surface area contributed by atoms with E-state index in [0.29, 0.717) is 12.5 Å². The molecule has 1 amide bonds. The van der Waals surface area contributed by atoms with Crippen LogP contribution >= 0.6 is 0 Å². The molecule has 0 bridgehead atoms. The molecule has 0 unspecified atom stereocenters. The van der Waals surface area contributed by atoms with Crippen molar-refractivity contribution in [3.63, 3.8) is 0 Å². The molecule has 0 radical (unpaired) electrons. The van der Waals surface area contributed by atoms with Crippen LogP contribution in [0.15, 0.2) is 0 Å². The van der Waals surface area contributed by atoms with Crippen LogP contribution in [0.2, 0.25) is 0 Å². The van der Waals surface area contributed by atoms with Gasteiger partial charge in [0.05, 0.1) is 0 Å².